The molecule has 2 aromatic rings. The lowest BCUT2D eigenvalue weighted by atomic mass is 10.1. The molecule has 1 unspecified atom stereocenters. The average molecular weight is 283 g/mol. The Labute approximate surface area is 125 Å². The number of nitrogens with zero attached hydrogens (tertiary/aromatic N) is 1. The van der Waals surface area contributed by atoms with Crippen LogP contribution in [0.5, 0.6) is 0 Å². The molecule has 0 saturated carbocycles. The number of carbonyl (C=O) groups excluding carboxylic acids is 1. The van der Waals surface area contributed by atoms with E-state index in [1.165, 1.54) is 0 Å². The van der Waals surface area contributed by atoms with Crippen molar-refractivity contribution in [3.05, 3.63) is 59.7 Å². The zero-order valence-corrected chi connectivity index (χ0v) is 12.6. The Morgan fingerprint density at radius 2 is 1.81 bits per heavy atom. The van der Waals surface area contributed by atoms with Crippen LogP contribution < -0.4 is 11.1 Å². The first-order valence-electron chi connectivity index (χ1n) is 6.91. The van der Waals surface area contributed by atoms with Crippen molar-refractivity contribution in [2.24, 2.45) is 0 Å². The highest BCUT2D eigenvalue weighted by Gasteiger charge is 2.15. The number of nitrogens with one attached hydrogen (secondary N) is 1. The van der Waals surface area contributed by atoms with Crippen molar-refractivity contribution in [1.29, 1.82) is 0 Å². The lowest BCUT2D eigenvalue weighted by Crippen LogP contribution is -2.23. The van der Waals surface area contributed by atoms with Gasteiger partial charge >= 0.3 is 0 Å². The predicted octanol–water partition coefficient (Wildman–Crippen LogP) is 3.14. The SMILES string of the molecule is CC(Nc1cc(N)ccc1C(=O)N(C)C)c1ccccc1. The Morgan fingerprint density at radius 1 is 1.14 bits per heavy atom. The third-order valence-electron chi connectivity index (χ3n) is 3.35. The highest BCUT2D eigenvalue weighted by atomic mass is 16.2. The minimum Gasteiger partial charge on any atom is -0.399 e. The summed E-state index contributed by atoms with van der Waals surface area (Å²) < 4.78 is 0. The van der Waals surface area contributed by atoms with Gasteiger partial charge < -0.3 is 16.0 Å². The van der Waals surface area contributed by atoms with E-state index in [-0.39, 0.29) is 11.9 Å². The first kappa shape index (κ1) is 14.9. The number of amides is 1. The predicted molar refractivity (Wildman–Crippen MR) is 87.4 cm³/mol. The fraction of sp³-hybridized carbons (Fsp3) is 0.235. The van der Waals surface area contributed by atoms with Gasteiger partial charge in [0.15, 0.2) is 0 Å². The Bertz CT molecular complexity index is 623. The molecule has 0 radical (unpaired) electrons. The molecule has 1 atom stereocenters. The van der Waals surface area contributed by atoms with E-state index in [0.29, 0.717) is 11.3 Å². The molecular weight excluding hydrogens is 262 g/mol. The van der Waals surface area contributed by atoms with Gasteiger partial charge in [-0.3, -0.25) is 4.79 Å². The van der Waals surface area contributed by atoms with E-state index in [2.05, 4.69) is 24.4 Å². The van der Waals surface area contributed by atoms with Crippen molar-refractivity contribution in [2.75, 3.05) is 25.1 Å². The number of rotatable bonds is 4. The molecule has 4 heteroatoms. The van der Waals surface area contributed by atoms with E-state index in [4.69, 9.17) is 5.73 Å². The van der Waals surface area contributed by atoms with Crippen LogP contribution in [0.3, 0.4) is 0 Å². The minimum absolute atomic E-state index is 0.0437. The monoisotopic (exact) mass is 283 g/mol. The Kier molecular flexibility index (Phi) is 4.48. The van der Waals surface area contributed by atoms with Crippen LogP contribution in [0.25, 0.3) is 0 Å². The van der Waals surface area contributed by atoms with Crippen molar-refractivity contribution in [3.8, 4) is 0 Å². The Morgan fingerprint density at radius 3 is 2.43 bits per heavy atom. The first-order valence-corrected chi connectivity index (χ1v) is 6.91. The molecule has 0 bridgehead atoms. The first-order chi connectivity index (χ1) is 9.99. The molecule has 4 nitrogen and oxygen atoms in total. The molecule has 0 aliphatic carbocycles. The number of benzene rings is 2. The standard InChI is InChI=1S/C17H21N3O/c1-12(13-7-5-4-6-8-13)19-16-11-14(18)9-10-15(16)17(21)20(2)3/h4-12,19H,18H2,1-3H3. The maximum atomic E-state index is 12.2. The van der Waals surface area contributed by atoms with Crippen molar-refractivity contribution in [2.45, 2.75) is 13.0 Å². The minimum atomic E-state index is -0.0437. The van der Waals surface area contributed by atoms with E-state index in [0.717, 1.165) is 11.3 Å². The summed E-state index contributed by atoms with van der Waals surface area (Å²) in [5.41, 5.74) is 9.02. The van der Waals surface area contributed by atoms with E-state index >= 15 is 0 Å². The van der Waals surface area contributed by atoms with Gasteiger partial charge in [-0.25, -0.2) is 0 Å². The van der Waals surface area contributed by atoms with Crippen molar-refractivity contribution < 1.29 is 4.79 Å². The van der Waals surface area contributed by atoms with Crippen LogP contribution in [0.2, 0.25) is 0 Å². The molecule has 3 N–H and O–H groups in total. The third kappa shape index (κ3) is 3.54. The van der Waals surface area contributed by atoms with E-state index in [1.54, 1.807) is 37.2 Å². The number of hydrogen-bond acceptors (Lipinski definition) is 3. The number of nitrogens with two attached hydrogens (primary N) is 1. The van der Waals surface area contributed by atoms with Crippen LogP contribution in [-0.2, 0) is 0 Å². The van der Waals surface area contributed by atoms with Gasteiger partial charge in [0.1, 0.15) is 0 Å². The fourth-order valence-electron chi connectivity index (χ4n) is 2.17. The van der Waals surface area contributed by atoms with Gasteiger partial charge in [0.05, 0.1) is 5.56 Å². The molecule has 0 aliphatic heterocycles. The maximum absolute atomic E-state index is 12.2. The van der Waals surface area contributed by atoms with Crippen LogP contribution in [0.15, 0.2) is 48.5 Å². The molecule has 0 spiro atoms. The van der Waals surface area contributed by atoms with Gasteiger partial charge in [-0.05, 0) is 30.7 Å². The zero-order valence-electron chi connectivity index (χ0n) is 12.6. The molecule has 1 amide bonds. The zero-order chi connectivity index (χ0) is 15.4. The summed E-state index contributed by atoms with van der Waals surface area (Å²) in [7, 11) is 3.48. The van der Waals surface area contributed by atoms with E-state index in [1.807, 2.05) is 18.2 Å². The molecule has 0 aliphatic rings. The molecule has 2 rings (SSSR count). The molecule has 21 heavy (non-hydrogen) atoms. The normalized spacial score (nSPS) is 11.8. The third-order valence-corrected chi connectivity index (χ3v) is 3.35. The lowest BCUT2D eigenvalue weighted by Gasteiger charge is -2.20. The second-order valence-corrected chi connectivity index (χ2v) is 5.28. The Hall–Kier alpha value is -2.49. The van der Waals surface area contributed by atoms with Crippen LogP contribution in [-0.4, -0.2) is 24.9 Å². The second-order valence-electron chi connectivity index (χ2n) is 5.28. The van der Waals surface area contributed by atoms with Gasteiger partial charge in [-0.1, -0.05) is 30.3 Å². The second kappa shape index (κ2) is 6.31. The number of anilines is 2. The van der Waals surface area contributed by atoms with Crippen LogP contribution in [0.1, 0.15) is 28.9 Å². The van der Waals surface area contributed by atoms with E-state index < -0.39 is 0 Å². The highest BCUT2D eigenvalue weighted by Crippen LogP contribution is 2.25. The molecule has 110 valence electrons. The average Bonchev–Trinajstić information content (AvgIpc) is 2.47. The summed E-state index contributed by atoms with van der Waals surface area (Å²) in [6, 6.07) is 15.5. The largest absolute Gasteiger partial charge is 0.399 e. The maximum Gasteiger partial charge on any atom is 0.255 e. The van der Waals surface area contributed by atoms with E-state index in [9.17, 15) is 4.79 Å². The summed E-state index contributed by atoms with van der Waals surface area (Å²) in [5.74, 6) is -0.0437. The van der Waals surface area contributed by atoms with Crippen LogP contribution >= 0.6 is 0 Å². The molecule has 0 aromatic heterocycles. The van der Waals surface area contributed by atoms with Crippen LogP contribution in [0.4, 0.5) is 11.4 Å². The summed E-state index contributed by atoms with van der Waals surface area (Å²) in [5, 5.41) is 3.38. The summed E-state index contributed by atoms with van der Waals surface area (Å²) >= 11 is 0. The highest BCUT2D eigenvalue weighted by molar-refractivity contribution is 6.00. The summed E-state index contributed by atoms with van der Waals surface area (Å²) in [6.07, 6.45) is 0. The molecule has 0 fully saturated rings. The lowest BCUT2D eigenvalue weighted by molar-refractivity contribution is 0.0828. The molecule has 0 saturated heterocycles. The van der Waals surface area contributed by atoms with Gasteiger partial charge in [0, 0.05) is 31.5 Å². The number of carbonyl (C=O) groups is 1. The quantitative estimate of drug-likeness (QED) is 0.847. The summed E-state index contributed by atoms with van der Waals surface area (Å²) in [4.78, 5) is 13.8. The topological polar surface area (TPSA) is 58.4 Å². The Balaban J connectivity index is 2.30. The van der Waals surface area contributed by atoms with Gasteiger partial charge in [0.25, 0.3) is 5.91 Å². The van der Waals surface area contributed by atoms with Crippen molar-refractivity contribution in [3.63, 3.8) is 0 Å². The van der Waals surface area contributed by atoms with Crippen LogP contribution in [0, 0.1) is 0 Å². The van der Waals surface area contributed by atoms with Crippen molar-refractivity contribution in [1.82, 2.24) is 4.90 Å². The number of nitrogen functional groups attached to an aromatic ring is 1. The fourth-order valence-corrected chi connectivity index (χ4v) is 2.17. The number of hydrogen-bond donors (Lipinski definition) is 2. The molecular formula is C17H21N3O. The summed E-state index contributed by atoms with van der Waals surface area (Å²) in [6.45, 7) is 2.06. The van der Waals surface area contributed by atoms with Gasteiger partial charge in [-0.15, -0.1) is 0 Å². The van der Waals surface area contributed by atoms with Crippen molar-refractivity contribution >= 4 is 17.3 Å². The van der Waals surface area contributed by atoms with Gasteiger partial charge in [0.2, 0.25) is 0 Å². The van der Waals surface area contributed by atoms with Gasteiger partial charge in [-0.2, -0.15) is 0 Å². The smallest absolute Gasteiger partial charge is 0.255 e. The molecule has 2 aromatic carbocycles. The molecule has 0 heterocycles.